The molecule has 1 aromatic rings. The third-order valence-corrected chi connectivity index (χ3v) is 3.81. The van der Waals surface area contributed by atoms with Crippen LogP contribution in [0.3, 0.4) is 0 Å². The largest absolute Gasteiger partial charge is 0.496 e. The second kappa shape index (κ2) is 6.45. The first-order valence-corrected chi connectivity index (χ1v) is 6.26. The molecular formula is C11H19ClN2OS. The second-order valence-electron chi connectivity index (χ2n) is 4.03. The molecule has 2 N–H and O–H groups in total. The Morgan fingerprint density at radius 1 is 1.50 bits per heavy atom. The number of rotatable bonds is 3. The van der Waals surface area contributed by atoms with Gasteiger partial charge in [-0.05, 0) is 37.4 Å². The van der Waals surface area contributed by atoms with Gasteiger partial charge in [0.15, 0.2) is 0 Å². The summed E-state index contributed by atoms with van der Waals surface area (Å²) in [5.41, 5.74) is 5.88. The maximum Gasteiger partial charge on any atom is 0.134 e. The number of methoxy groups -OCH3 is 1. The van der Waals surface area contributed by atoms with Crippen molar-refractivity contribution < 1.29 is 4.74 Å². The fourth-order valence-corrected chi connectivity index (χ4v) is 2.82. The normalized spacial score (nSPS) is 18.1. The Balaban J connectivity index is 0.00000128. The van der Waals surface area contributed by atoms with Crippen LogP contribution in [0.15, 0.2) is 11.4 Å². The number of thiophene rings is 1. The molecule has 1 aliphatic rings. The molecule has 92 valence electrons. The van der Waals surface area contributed by atoms with Crippen molar-refractivity contribution in [2.75, 3.05) is 20.2 Å². The number of nitrogens with zero attached hydrogens (tertiary/aromatic N) is 1. The summed E-state index contributed by atoms with van der Waals surface area (Å²) in [6, 6.07) is 2.45. The molecule has 0 spiro atoms. The van der Waals surface area contributed by atoms with E-state index in [1.165, 1.54) is 4.88 Å². The average Bonchev–Trinajstić information content (AvgIpc) is 2.69. The first kappa shape index (κ1) is 13.8. The number of hydrogen-bond donors (Lipinski definition) is 1. The Hall–Kier alpha value is -0.290. The maximum absolute atomic E-state index is 5.88. The van der Waals surface area contributed by atoms with Gasteiger partial charge in [-0.1, -0.05) is 0 Å². The van der Waals surface area contributed by atoms with E-state index in [-0.39, 0.29) is 12.4 Å². The van der Waals surface area contributed by atoms with Crippen molar-refractivity contribution >= 4 is 23.7 Å². The molecule has 2 heterocycles. The average molecular weight is 263 g/mol. The van der Waals surface area contributed by atoms with Gasteiger partial charge in [-0.15, -0.1) is 23.7 Å². The SMILES string of the molecule is COc1ccsc1CN1CCC(N)CC1.Cl. The zero-order valence-corrected chi connectivity index (χ0v) is 11.1. The quantitative estimate of drug-likeness (QED) is 0.907. The van der Waals surface area contributed by atoms with E-state index in [2.05, 4.69) is 10.3 Å². The molecule has 5 heteroatoms. The van der Waals surface area contributed by atoms with Crippen LogP contribution in [0.5, 0.6) is 5.75 Å². The highest BCUT2D eigenvalue weighted by Crippen LogP contribution is 2.26. The third kappa shape index (κ3) is 3.35. The van der Waals surface area contributed by atoms with E-state index in [1.807, 2.05) is 6.07 Å². The topological polar surface area (TPSA) is 38.5 Å². The van der Waals surface area contributed by atoms with Crippen molar-refractivity contribution in [2.24, 2.45) is 5.73 Å². The Morgan fingerprint density at radius 3 is 2.81 bits per heavy atom. The van der Waals surface area contributed by atoms with Crippen molar-refractivity contribution in [1.29, 1.82) is 0 Å². The summed E-state index contributed by atoms with van der Waals surface area (Å²) in [7, 11) is 1.73. The predicted octanol–water partition coefficient (Wildman–Crippen LogP) is 2.10. The maximum atomic E-state index is 5.88. The van der Waals surface area contributed by atoms with Crippen LogP contribution in [0.1, 0.15) is 17.7 Å². The van der Waals surface area contributed by atoms with E-state index in [9.17, 15) is 0 Å². The summed E-state index contributed by atoms with van der Waals surface area (Å²) in [4.78, 5) is 3.78. The van der Waals surface area contributed by atoms with Gasteiger partial charge < -0.3 is 10.5 Å². The highest BCUT2D eigenvalue weighted by atomic mass is 35.5. The number of nitrogens with two attached hydrogens (primary N) is 1. The van der Waals surface area contributed by atoms with Gasteiger partial charge in [-0.25, -0.2) is 0 Å². The Bertz CT molecular complexity index is 311. The van der Waals surface area contributed by atoms with Crippen LogP contribution in [0.4, 0.5) is 0 Å². The van der Waals surface area contributed by atoms with Gasteiger partial charge in [0.2, 0.25) is 0 Å². The summed E-state index contributed by atoms with van der Waals surface area (Å²) in [6.07, 6.45) is 2.24. The van der Waals surface area contributed by atoms with E-state index in [4.69, 9.17) is 10.5 Å². The minimum Gasteiger partial charge on any atom is -0.496 e. The molecule has 1 aromatic heterocycles. The number of hydrogen-bond acceptors (Lipinski definition) is 4. The number of ether oxygens (including phenoxy) is 1. The molecule has 2 rings (SSSR count). The fraction of sp³-hybridized carbons (Fsp3) is 0.636. The first-order valence-electron chi connectivity index (χ1n) is 5.38. The third-order valence-electron chi connectivity index (χ3n) is 2.92. The number of halogens is 1. The molecule has 0 aliphatic carbocycles. The van der Waals surface area contributed by atoms with Crippen LogP contribution in [-0.2, 0) is 6.54 Å². The molecule has 0 radical (unpaired) electrons. The molecule has 1 aliphatic heterocycles. The lowest BCUT2D eigenvalue weighted by Gasteiger charge is -2.29. The molecule has 3 nitrogen and oxygen atoms in total. The summed E-state index contributed by atoms with van der Waals surface area (Å²) >= 11 is 1.77. The van der Waals surface area contributed by atoms with Gasteiger partial charge in [0.25, 0.3) is 0 Å². The van der Waals surface area contributed by atoms with Crippen LogP contribution in [0, 0.1) is 0 Å². The van der Waals surface area contributed by atoms with Crippen LogP contribution >= 0.6 is 23.7 Å². The number of piperidine rings is 1. The first-order chi connectivity index (χ1) is 7.29. The summed E-state index contributed by atoms with van der Waals surface area (Å²) in [5.74, 6) is 1.02. The van der Waals surface area contributed by atoms with Gasteiger partial charge in [0.1, 0.15) is 5.75 Å². The molecular weight excluding hydrogens is 244 g/mol. The van der Waals surface area contributed by atoms with Crippen LogP contribution < -0.4 is 10.5 Å². The predicted molar refractivity (Wildman–Crippen MR) is 70.6 cm³/mol. The zero-order chi connectivity index (χ0) is 10.7. The molecule has 0 amide bonds. The lowest BCUT2D eigenvalue weighted by atomic mass is 10.1. The lowest BCUT2D eigenvalue weighted by molar-refractivity contribution is 0.205. The minimum atomic E-state index is 0. The molecule has 1 fully saturated rings. The smallest absolute Gasteiger partial charge is 0.134 e. The minimum absolute atomic E-state index is 0. The van der Waals surface area contributed by atoms with E-state index in [0.29, 0.717) is 6.04 Å². The van der Waals surface area contributed by atoms with Crippen LogP contribution in [0.2, 0.25) is 0 Å². The van der Waals surface area contributed by atoms with Gasteiger partial charge in [0.05, 0.1) is 12.0 Å². The fourth-order valence-electron chi connectivity index (χ4n) is 1.94. The summed E-state index contributed by atoms with van der Waals surface area (Å²) in [6.45, 7) is 3.23. The van der Waals surface area contributed by atoms with Crippen molar-refractivity contribution in [3.8, 4) is 5.75 Å². The molecule has 0 aromatic carbocycles. The van der Waals surface area contributed by atoms with Gasteiger partial charge in [-0.3, -0.25) is 4.90 Å². The molecule has 0 atom stereocenters. The molecule has 1 saturated heterocycles. The summed E-state index contributed by atoms with van der Waals surface area (Å²) in [5, 5.41) is 2.09. The monoisotopic (exact) mass is 262 g/mol. The van der Waals surface area contributed by atoms with E-state index in [0.717, 1.165) is 38.2 Å². The Kier molecular flexibility index (Phi) is 5.55. The Labute approximate surface area is 107 Å². The van der Waals surface area contributed by atoms with E-state index >= 15 is 0 Å². The van der Waals surface area contributed by atoms with E-state index < -0.39 is 0 Å². The van der Waals surface area contributed by atoms with Crippen molar-refractivity contribution in [1.82, 2.24) is 4.90 Å². The molecule has 16 heavy (non-hydrogen) atoms. The van der Waals surface area contributed by atoms with Crippen molar-refractivity contribution in [3.05, 3.63) is 16.3 Å². The highest BCUT2D eigenvalue weighted by molar-refractivity contribution is 7.10. The molecule has 0 bridgehead atoms. The summed E-state index contributed by atoms with van der Waals surface area (Å²) < 4.78 is 5.31. The van der Waals surface area contributed by atoms with Crippen molar-refractivity contribution in [2.45, 2.75) is 25.4 Å². The van der Waals surface area contributed by atoms with Crippen LogP contribution in [-0.4, -0.2) is 31.1 Å². The number of likely N-dealkylation sites (tertiary alicyclic amines) is 1. The Morgan fingerprint density at radius 2 is 2.19 bits per heavy atom. The highest BCUT2D eigenvalue weighted by Gasteiger charge is 2.17. The lowest BCUT2D eigenvalue weighted by Crippen LogP contribution is -2.39. The van der Waals surface area contributed by atoms with Gasteiger partial charge in [0, 0.05) is 12.6 Å². The van der Waals surface area contributed by atoms with Gasteiger partial charge in [-0.2, -0.15) is 0 Å². The van der Waals surface area contributed by atoms with Crippen molar-refractivity contribution in [3.63, 3.8) is 0 Å². The standard InChI is InChI=1S/C11H18N2OS.ClH/c1-14-10-4-7-15-11(10)8-13-5-2-9(12)3-6-13;/h4,7,9H,2-3,5-6,8,12H2,1H3;1H. The zero-order valence-electron chi connectivity index (χ0n) is 9.52. The van der Waals surface area contributed by atoms with E-state index in [1.54, 1.807) is 18.4 Å². The van der Waals surface area contributed by atoms with Crippen LogP contribution in [0.25, 0.3) is 0 Å². The van der Waals surface area contributed by atoms with Gasteiger partial charge >= 0.3 is 0 Å². The molecule has 0 unspecified atom stereocenters. The second-order valence-corrected chi connectivity index (χ2v) is 5.03. The molecule has 0 saturated carbocycles.